The van der Waals surface area contributed by atoms with Crippen molar-refractivity contribution in [3.8, 4) is 0 Å². The predicted molar refractivity (Wildman–Crippen MR) is 59.9 cm³/mol. The Balaban J connectivity index is 2.34. The van der Waals surface area contributed by atoms with E-state index in [1.807, 2.05) is 0 Å². The summed E-state index contributed by atoms with van der Waals surface area (Å²) in [5, 5.41) is 0. The van der Waals surface area contributed by atoms with Gasteiger partial charge in [0.2, 0.25) is 10.0 Å². The lowest BCUT2D eigenvalue weighted by Crippen LogP contribution is -2.29. The highest BCUT2D eigenvalue weighted by Gasteiger charge is 2.32. The summed E-state index contributed by atoms with van der Waals surface area (Å²) < 4.78 is 37.6. The Morgan fingerprint density at radius 2 is 2.19 bits per heavy atom. The quantitative estimate of drug-likeness (QED) is 0.796. The summed E-state index contributed by atoms with van der Waals surface area (Å²) in [5.41, 5.74) is 0.739. The highest BCUT2D eigenvalue weighted by atomic mass is 32.2. The van der Waals surface area contributed by atoms with Crippen LogP contribution in [0.3, 0.4) is 0 Å². The fourth-order valence-corrected chi connectivity index (χ4v) is 3.33. The molecule has 16 heavy (non-hydrogen) atoms. The van der Waals surface area contributed by atoms with Crippen molar-refractivity contribution in [1.82, 2.24) is 4.31 Å². The molecule has 1 aromatic carbocycles. The van der Waals surface area contributed by atoms with Gasteiger partial charge in [-0.05, 0) is 30.5 Å². The van der Waals surface area contributed by atoms with Gasteiger partial charge in [0, 0.05) is 12.6 Å². The molecule has 0 aromatic heterocycles. The molecule has 0 radical (unpaired) electrons. The Hall–Kier alpha value is -0.940. The second-order valence-corrected chi connectivity index (χ2v) is 6.02. The van der Waals surface area contributed by atoms with E-state index in [1.54, 1.807) is 12.1 Å². The second kappa shape index (κ2) is 4.14. The van der Waals surface area contributed by atoms with Crippen LogP contribution in [0.25, 0.3) is 0 Å². The maximum absolute atomic E-state index is 13.1. The first kappa shape index (κ1) is 11.5. The Kier molecular flexibility index (Phi) is 2.99. The number of sulfonamides is 1. The Bertz CT molecular complexity index is 487. The fourth-order valence-electron chi connectivity index (χ4n) is 2.18. The average molecular weight is 243 g/mol. The molecule has 0 saturated carbocycles. The van der Waals surface area contributed by atoms with Crippen LogP contribution in [0.15, 0.2) is 24.3 Å². The van der Waals surface area contributed by atoms with E-state index in [2.05, 4.69) is 0 Å². The molecule has 5 heteroatoms. The monoisotopic (exact) mass is 243 g/mol. The maximum atomic E-state index is 13.1. The average Bonchev–Trinajstić information content (AvgIpc) is 2.65. The summed E-state index contributed by atoms with van der Waals surface area (Å²) in [6.07, 6.45) is 2.79. The molecule has 0 N–H and O–H groups in total. The van der Waals surface area contributed by atoms with Gasteiger partial charge >= 0.3 is 0 Å². The van der Waals surface area contributed by atoms with Crippen LogP contribution in [0.1, 0.15) is 24.4 Å². The molecule has 0 unspecified atom stereocenters. The zero-order valence-electron chi connectivity index (χ0n) is 9.06. The molecule has 88 valence electrons. The first-order chi connectivity index (χ1) is 7.48. The third-order valence-corrected chi connectivity index (χ3v) is 4.15. The molecule has 1 heterocycles. The second-order valence-electron chi connectivity index (χ2n) is 4.09. The van der Waals surface area contributed by atoms with Gasteiger partial charge in [0.1, 0.15) is 5.82 Å². The van der Waals surface area contributed by atoms with Crippen molar-refractivity contribution in [2.24, 2.45) is 0 Å². The molecule has 0 bridgehead atoms. The molecule has 0 spiro atoms. The highest BCUT2D eigenvalue weighted by Crippen LogP contribution is 2.33. The minimum absolute atomic E-state index is 0.203. The van der Waals surface area contributed by atoms with Crippen molar-refractivity contribution in [3.05, 3.63) is 35.6 Å². The standard InChI is InChI=1S/C11H14FNO2S/c1-16(14,15)13-7-3-6-11(13)9-4-2-5-10(12)8-9/h2,4-5,8,11H,3,6-7H2,1H3/t11-/m0/s1. The number of benzene rings is 1. The lowest BCUT2D eigenvalue weighted by Gasteiger charge is -2.22. The van der Waals surface area contributed by atoms with Gasteiger partial charge in [-0.15, -0.1) is 0 Å². The molecule has 1 aliphatic heterocycles. The smallest absolute Gasteiger partial charge is 0.211 e. The zero-order valence-corrected chi connectivity index (χ0v) is 9.87. The SMILES string of the molecule is CS(=O)(=O)N1CCC[C@H]1c1cccc(F)c1. The van der Waals surface area contributed by atoms with E-state index in [0.717, 1.165) is 18.4 Å². The van der Waals surface area contributed by atoms with E-state index in [-0.39, 0.29) is 11.9 Å². The van der Waals surface area contributed by atoms with Crippen LogP contribution in [0, 0.1) is 5.82 Å². The predicted octanol–water partition coefficient (Wildman–Crippen LogP) is 1.92. The van der Waals surface area contributed by atoms with Crippen LogP contribution in [-0.4, -0.2) is 25.5 Å². The van der Waals surface area contributed by atoms with E-state index in [4.69, 9.17) is 0 Å². The molecule has 1 atom stereocenters. The Morgan fingerprint density at radius 1 is 1.44 bits per heavy atom. The fraction of sp³-hybridized carbons (Fsp3) is 0.455. The molecule has 1 fully saturated rings. The van der Waals surface area contributed by atoms with Crippen molar-refractivity contribution < 1.29 is 12.8 Å². The number of halogens is 1. The largest absolute Gasteiger partial charge is 0.212 e. The van der Waals surface area contributed by atoms with E-state index >= 15 is 0 Å². The number of hydrogen-bond donors (Lipinski definition) is 0. The van der Waals surface area contributed by atoms with Crippen LogP contribution in [0.5, 0.6) is 0 Å². The van der Waals surface area contributed by atoms with Crippen LogP contribution in [0.4, 0.5) is 4.39 Å². The summed E-state index contributed by atoms with van der Waals surface area (Å²) in [5.74, 6) is -0.321. The van der Waals surface area contributed by atoms with Crippen LogP contribution < -0.4 is 0 Å². The summed E-state index contributed by atoms with van der Waals surface area (Å²) in [6, 6.07) is 5.96. The van der Waals surface area contributed by atoms with Gasteiger partial charge in [-0.2, -0.15) is 4.31 Å². The van der Waals surface area contributed by atoms with Gasteiger partial charge in [-0.1, -0.05) is 12.1 Å². The van der Waals surface area contributed by atoms with Gasteiger partial charge in [-0.25, -0.2) is 12.8 Å². The number of nitrogens with zero attached hydrogens (tertiary/aromatic N) is 1. The van der Waals surface area contributed by atoms with Crippen molar-refractivity contribution in [3.63, 3.8) is 0 Å². The molecule has 0 aliphatic carbocycles. The van der Waals surface area contributed by atoms with Crippen molar-refractivity contribution in [2.75, 3.05) is 12.8 Å². The topological polar surface area (TPSA) is 37.4 Å². The highest BCUT2D eigenvalue weighted by molar-refractivity contribution is 7.88. The van der Waals surface area contributed by atoms with E-state index in [9.17, 15) is 12.8 Å². The lowest BCUT2D eigenvalue weighted by atomic mass is 10.1. The van der Waals surface area contributed by atoms with Gasteiger partial charge in [0.25, 0.3) is 0 Å². The molecular formula is C11H14FNO2S. The zero-order chi connectivity index (χ0) is 11.8. The Labute approximate surface area is 94.9 Å². The third kappa shape index (κ3) is 2.25. The summed E-state index contributed by atoms with van der Waals surface area (Å²) >= 11 is 0. The van der Waals surface area contributed by atoms with E-state index in [1.165, 1.54) is 22.7 Å². The van der Waals surface area contributed by atoms with Crippen LogP contribution in [0.2, 0.25) is 0 Å². The summed E-state index contributed by atoms with van der Waals surface area (Å²) in [7, 11) is -3.20. The van der Waals surface area contributed by atoms with Crippen LogP contribution >= 0.6 is 0 Å². The molecular weight excluding hydrogens is 229 g/mol. The minimum Gasteiger partial charge on any atom is -0.212 e. The summed E-state index contributed by atoms with van der Waals surface area (Å²) in [4.78, 5) is 0. The molecule has 2 rings (SSSR count). The summed E-state index contributed by atoms with van der Waals surface area (Å²) in [6.45, 7) is 0.528. The van der Waals surface area contributed by atoms with Gasteiger partial charge in [0.05, 0.1) is 6.26 Å². The van der Waals surface area contributed by atoms with Gasteiger partial charge < -0.3 is 0 Å². The molecule has 1 aliphatic rings. The molecule has 0 amide bonds. The first-order valence-corrected chi connectivity index (χ1v) is 7.05. The molecule has 1 aromatic rings. The van der Waals surface area contributed by atoms with Gasteiger partial charge in [0.15, 0.2) is 0 Å². The van der Waals surface area contributed by atoms with Crippen LogP contribution in [-0.2, 0) is 10.0 Å². The minimum atomic E-state index is -3.20. The Morgan fingerprint density at radius 3 is 2.81 bits per heavy atom. The first-order valence-electron chi connectivity index (χ1n) is 5.21. The van der Waals surface area contributed by atoms with E-state index in [0.29, 0.717) is 6.54 Å². The number of rotatable bonds is 2. The third-order valence-electron chi connectivity index (χ3n) is 2.86. The van der Waals surface area contributed by atoms with Crippen molar-refractivity contribution in [1.29, 1.82) is 0 Å². The lowest BCUT2D eigenvalue weighted by molar-refractivity contribution is 0.399. The number of hydrogen-bond acceptors (Lipinski definition) is 2. The maximum Gasteiger partial charge on any atom is 0.211 e. The van der Waals surface area contributed by atoms with Crippen molar-refractivity contribution in [2.45, 2.75) is 18.9 Å². The molecule has 3 nitrogen and oxygen atoms in total. The normalized spacial score (nSPS) is 22.5. The van der Waals surface area contributed by atoms with Crippen molar-refractivity contribution >= 4 is 10.0 Å². The molecule has 1 saturated heterocycles. The van der Waals surface area contributed by atoms with Gasteiger partial charge in [-0.3, -0.25) is 0 Å². The van der Waals surface area contributed by atoms with E-state index < -0.39 is 10.0 Å².